The Hall–Kier alpha value is -1.09. The fourth-order valence-corrected chi connectivity index (χ4v) is 0.978. The number of rotatable bonds is 3. The van der Waals surface area contributed by atoms with Gasteiger partial charge in [-0.1, -0.05) is 39.0 Å². The number of halogens is 1. The van der Waals surface area contributed by atoms with E-state index >= 15 is 0 Å². The Morgan fingerprint density at radius 1 is 1.64 bits per heavy atom. The van der Waals surface area contributed by atoms with Crippen LogP contribution >= 0.6 is 11.6 Å². The van der Waals surface area contributed by atoms with E-state index in [1.54, 1.807) is 10.8 Å². The van der Waals surface area contributed by atoms with E-state index in [9.17, 15) is 0 Å². The lowest BCUT2D eigenvalue weighted by atomic mass is 10.4. The van der Waals surface area contributed by atoms with Gasteiger partial charge in [-0.3, -0.25) is 0 Å². The third-order valence-electron chi connectivity index (χ3n) is 1.48. The molecule has 0 amide bonds. The molecule has 0 aliphatic rings. The first-order valence-corrected chi connectivity index (χ1v) is 5.09. The molecule has 0 aliphatic heterocycles. The van der Waals surface area contributed by atoms with Crippen molar-refractivity contribution in [3.05, 3.63) is 24.3 Å². The van der Waals surface area contributed by atoms with Crippen LogP contribution in [0.25, 0.3) is 6.08 Å². The van der Waals surface area contributed by atoms with Crippen molar-refractivity contribution in [1.82, 2.24) is 9.66 Å². The number of hydrogen-bond donors (Lipinski definition) is 0. The molecule has 1 heterocycles. The van der Waals surface area contributed by atoms with Crippen molar-refractivity contribution < 1.29 is 0 Å². The molecule has 0 aliphatic carbocycles. The maximum Gasteiger partial charge on any atom is 0.153 e. The predicted octanol–water partition coefficient (Wildman–Crippen LogP) is 3.14. The van der Waals surface area contributed by atoms with Crippen LogP contribution in [0.5, 0.6) is 0 Å². The fraction of sp³-hybridized carbons (Fsp3) is 0.400. The molecule has 4 heteroatoms. The van der Waals surface area contributed by atoms with Gasteiger partial charge in [-0.25, -0.2) is 9.66 Å². The molecular formula is C10H16ClN3. The van der Waals surface area contributed by atoms with Crippen molar-refractivity contribution in [3.8, 4) is 0 Å². The second-order valence-electron chi connectivity index (χ2n) is 2.21. The Morgan fingerprint density at radius 2 is 2.29 bits per heavy atom. The van der Waals surface area contributed by atoms with Gasteiger partial charge in [-0.15, -0.1) is 0 Å². The first-order valence-electron chi connectivity index (χ1n) is 4.65. The molecule has 0 aromatic carbocycles. The van der Waals surface area contributed by atoms with Crippen LogP contribution in [-0.4, -0.2) is 15.3 Å². The molecule has 0 radical (unpaired) electrons. The molecule has 3 nitrogen and oxygen atoms in total. The highest BCUT2D eigenvalue weighted by Crippen LogP contribution is 2.04. The maximum atomic E-state index is 5.34. The van der Waals surface area contributed by atoms with Gasteiger partial charge in [-0.2, -0.15) is 5.10 Å². The highest BCUT2D eigenvalue weighted by Gasteiger charge is 2.00. The second kappa shape index (κ2) is 7.33. The summed E-state index contributed by atoms with van der Waals surface area (Å²) >= 11 is 5.34. The Bertz CT molecular complexity index is 302. The van der Waals surface area contributed by atoms with Crippen molar-refractivity contribution in [2.75, 3.05) is 0 Å². The molecule has 1 aromatic heterocycles. The highest BCUT2D eigenvalue weighted by molar-refractivity contribution is 6.56. The van der Waals surface area contributed by atoms with Crippen molar-refractivity contribution in [2.45, 2.75) is 27.2 Å². The lowest BCUT2D eigenvalue weighted by molar-refractivity contribution is 0.869. The number of aryl methyl sites for hydroxylation is 1. The second-order valence-corrected chi connectivity index (χ2v) is 2.40. The van der Waals surface area contributed by atoms with Crippen molar-refractivity contribution in [1.29, 1.82) is 0 Å². The van der Waals surface area contributed by atoms with Crippen molar-refractivity contribution >= 4 is 23.4 Å². The molecule has 0 fully saturated rings. The standard InChI is InChI=1S/C8H10ClN3.C2H6/c1-3-7-5-12(10-6-9)8(4-2)11-7;1-2/h4-6H,2-3H2,1H3;1-2H3/b10-6+;. The normalized spacial score (nSPS) is 9.71. The monoisotopic (exact) mass is 213 g/mol. The summed E-state index contributed by atoms with van der Waals surface area (Å²) in [5.74, 6) is 0.712. The minimum atomic E-state index is 0.712. The molecule has 0 atom stereocenters. The van der Waals surface area contributed by atoms with Gasteiger partial charge >= 0.3 is 0 Å². The van der Waals surface area contributed by atoms with Gasteiger partial charge in [0, 0.05) is 0 Å². The zero-order chi connectivity index (χ0) is 11.0. The number of imidazole rings is 1. The van der Waals surface area contributed by atoms with Gasteiger partial charge in [0.1, 0.15) is 5.67 Å². The van der Waals surface area contributed by atoms with Crippen LogP contribution in [-0.2, 0) is 6.42 Å². The van der Waals surface area contributed by atoms with Crippen LogP contribution in [0.15, 0.2) is 17.9 Å². The Kier molecular flexibility index (Phi) is 6.76. The van der Waals surface area contributed by atoms with Crippen LogP contribution in [0.2, 0.25) is 0 Å². The first-order chi connectivity index (χ1) is 6.81. The Morgan fingerprint density at radius 3 is 2.71 bits per heavy atom. The van der Waals surface area contributed by atoms with E-state index in [4.69, 9.17) is 11.6 Å². The number of hydrogen-bond acceptors (Lipinski definition) is 2. The lowest BCUT2D eigenvalue weighted by Crippen LogP contribution is -1.88. The zero-order valence-corrected chi connectivity index (χ0v) is 9.62. The SMILES string of the molecule is C=Cc1nc(CC)cn1/N=C/Cl.CC. The van der Waals surface area contributed by atoms with E-state index in [1.165, 1.54) is 5.67 Å². The molecular weight excluding hydrogens is 198 g/mol. The Balaban J connectivity index is 0.000000791. The molecule has 1 aromatic rings. The molecule has 1 rings (SSSR count). The maximum absolute atomic E-state index is 5.34. The lowest BCUT2D eigenvalue weighted by Gasteiger charge is -1.91. The highest BCUT2D eigenvalue weighted by atomic mass is 35.5. The van der Waals surface area contributed by atoms with E-state index < -0.39 is 0 Å². The fourth-order valence-electron chi connectivity index (χ4n) is 0.884. The summed E-state index contributed by atoms with van der Waals surface area (Å²) < 4.78 is 1.60. The average molecular weight is 214 g/mol. The smallest absolute Gasteiger partial charge is 0.153 e. The third kappa shape index (κ3) is 3.34. The van der Waals surface area contributed by atoms with Crippen molar-refractivity contribution in [3.63, 3.8) is 0 Å². The molecule has 0 spiro atoms. The topological polar surface area (TPSA) is 30.2 Å². The average Bonchev–Trinajstić information content (AvgIpc) is 2.64. The molecule has 0 saturated heterocycles. The summed E-state index contributed by atoms with van der Waals surface area (Å²) in [7, 11) is 0. The molecule has 0 unspecified atom stereocenters. The van der Waals surface area contributed by atoms with Crippen LogP contribution in [0.3, 0.4) is 0 Å². The first kappa shape index (κ1) is 12.9. The quantitative estimate of drug-likeness (QED) is 0.710. The van der Waals surface area contributed by atoms with Gasteiger partial charge in [-0.05, 0) is 12.5 Å². The predicted molar refractivity (Wildman–Crippen MR) is 62.8 cm³/mol. The molecule has 0 N–H and O–H groups in total. The Labute approximate surface area is 90.1 Å². The van der Waals surface area contributed by atoms with Crippen LogP contribution in [0, 0.1) is 0 Å². The minimum absolute atomic E-state index is 0.712. The van der Waals surface area contributed by atoms with E-state index in [0.29, 0.717) is 5.82 Å². The summed E-state index contributed by atoms with van der Waals surface area (Å²) in [6, 6.07) is 0. The van der Waals surface area contributed by atoms with Gasteiger partial charge in [0.15, 0.2) is 5.82 Å². The van der Waals surface area contributed by atoms with Crippen molar-refractivity contribution in [2.24, 2.45) is 5.10 Å². The van der Waals surface area contributed by atoms with Gasteiger partial charge in [0.25, 0.3) is 0 Å². The molecule has 0 bridgehead atoms. The van der Waals surface area contributed by atoms with Gasteiger partial charge in [0.2, 0.25) is 0 Å². The summed E-state index contributed by atoms with van der Waals surface area (Å²) in [6.07, 6.45) is 4.35. The third-order valence-corrected chi connectivity index (χ3v) is 1.56. The number of aromatic nitrogens is 2. The van der Waals surface area contributed by atoms with E-state index in [0.717, 1.165) is 12.1 Å². The number of nitrogens with zero attached hydrogens (tertiary/aromatic N) is 3. The molecule has 78 valence electrons. The van der Waals surface area contributed by atoms with E-state index in [-0.39, 0.29) is 0 Å². The zero-order valence-electron chi connectivity index (χ0n) is 8.87. The van der Waals surface area contributed by atoms with Gasteiger partial charge < -0.3 is 0 Å². The summed E-state index contributed by atoms with van der Waals surface area (Å²) in [5, 5.41) is 3.87. The largest absolute Gasteiger partial charge is 0.232 e. The summed E-state index contributed by atoms with van der Waals surface area (Å²) in [4.78, 5) is 4.24. The van der Waals surface area contributed by atoms with E-state index in [1.807, 2.05) is 27.0 Å². The summed E-state index contributed by atoms with van der Waals surface area (Å²) in [5.41, 5.74) is 2.18. The summed E-state index contributed by atoms with van der Waals surface area (Å²) in [6.45, 7) is 9.65. The van der Waals surface area contributed by atoms with Gasteiger partial charge in [0.05, 0.1) is 11.9 Å². The minimum Gasteiger partial charge on any atom is -0.232 e. The molecule has 14 heavy (non-hydrogen) atoms. The van der Waals surface area contributed by atoms with Crippen LogP contribution in [0.1, 0.15) is 32.3 Å². The van der Waals surface area contributed by atoms with Crippen LogP contribution in [0.4, 0.5) is 0 Å². The molecule has 0 saturated carbocycles. The van der Waals surface area contributed by atoms with E-state index in [2.05, 4.69) is 16.7 Å². The van der Waals surface area contributed by atoms with Crippen LogP contribution < -0.4 is 0 Å².